The van der Waals surface area contributed by atoms with Gasteiger partial charge in [0.25, 0.3) is 0 Å². The van der Waals surface area contributed by atoms with Crippen LogP contribution in [-0.4, -0.2) is 24.7 Å². The second-order valence-corrected chi connectivity index (χ2v) is 5.70. The van der Waals surface area contributed by atoms with Crippen LogP contribution in [0.1, 0.15) is 11.3 Å². The van der Waals surface area contributed by atoms with Crippen LogP contribution in [0.5, 0.6) is 5.75 Å². The van der Waals surface area contributed by atoms with Crippen molar-refractivity contribution < 1.29 is 9.53 Å². The van der Waals surface area contributed by atoms with Crippen LogP contribution in [0.25, 0.3) is 10.9 Å². The smallest absolute Gasteiger partial charge is 0.319 e. The van der Waals surface area contributed by atoms with E-state index in [9.17, 15) is 4.79 Å². The molecule has 0 fully saturated rings. The summed E-state index contributed by atoms with van der Waals surface area (Å²) in [5.41, 5.74) is 4.04. The first kappa shape index (κ1) is 15.9. The predicted octanol–water partition coefficient (Wildman–Crippen LogP) is 3.85. The van der Waals surface area contributed by atoms with Gasteiger partial charge >= 0.3 is 6.03 Å². The third-order valence-corrected chi connectivity index (χ3v) is 3.91. The van der Waals surface area contributed by atoms with Gasteiger partial charge in [-0.05, 0) is 49.2 Å². The van der Waals surface area contributed by atoms with Crippen molar-refractivity contribution >= 4 is 22.6 Å². The number of carbonyl (C=O) groups excluding carboxylic acids is 1. The standard InChI is InChI=1S/C19H21N3O2/c1-13-12-16-17(21-13)4-3-5-18(16)22-19(23)20-11-10-14-6-8-15(24-2)9-7-14/h3-9,12,21H,10-11H2,1-2H3,(H2,20,22,23). The molecule has 1 aromatic heterocycles. The van der Waals surface area contributed by atoms with Gasteiger partial charge in [-0.15, -0.1) is 0 Å². The monoisotopic (exact) mass is 323 g/mol. The van der Waals surface area contributed by atoms with Crippen LogP contribution in [-0.2, 0) is 6.42 Å². The van der Waals surface area contributed by atoms with Gasteiger partial charge in [-0.1, -0.05) is 18.2 Å². The number of carbonyl (C=O) groups is 1. The minimum atomic E-state index is -0.199. The van der Waals surface area contributed by atoms with E-state index in [2.05, 4.69) is 15.6 Å². The van der Waals surface area contributed by atoms with Crippen LogP contribution in [0.4, 0.5) is 10.5 Å². The molecular formula is C19H21N3O2. The number of aromatic nitrogens is 1. The van der Waals surface area contributed by atoms with Crippen molar-refractivity contribution in [3.63, 3.8) is 0 Å². The van der Waals surface area contributed by atoms with E-state index in [0.717, 1.165) is 40.0 Å². The lowest BCUT2D eigenvalue weighted by molar-refractivity contribution is 0.252. The number of amides is 2. The second kappa shape index (κ2) is 7.08. The summed E-state index contributed by atoms with van der Waals surface area (Å²) in [7, 11) is 1.65. The Balaban J connectivity index is 1.55. The van der Waals surface area contributed by atoms with Gasteiger partial charge in [0.05, 0.1) is 12.8 Å². The van der Waals surface area contributed by atoms with Crippen LogP contribution < -0.4 is 15.4 Å². The van der Waals surface area contributed by atoms with E-state index in [1.54, 1.807) is 7.11 Å². The number of ether oxygens (including phenoxy) is 1. The predicted molar refractivity (Wildman–Crippen MR) is 96.8 cm³/mol. The third-order valence-electron chi connectivity index (χ3n) is 3.91. The van der Waals surface area contributed by atoms with Crippen molar-refractivity contribution in [2.75, 3.05) is 19.0 Å². The Morgan fingerprint density at radius 1 is 1.17 bits per heavy atom. The average Bonchev–Trinajstić information content (AvgIpc) is 2.97. The van der Waals surface area contributed by atoms with Crippen molar-refractivity contribution in [1.82, 2.24) is 10.3 Å². The first-order valence-electron chi connectivity index (χ1n) is 7.92. The molecule has 0 saturated heterocycles. The van der Waals surface area contributed by atoms with E-state index in [4.69, 9.17) is 4.74 Å². The van der Waals surface area contributed by atoms with Crippen LogP contribution in [0.2, 0.25) is 0 Å². The number of fused-ring (bicyclic) bond motifs is 1. The van der Waals surface area contributed by atoms with Crippen LogP contribution in [0.3, 0.4) is 0 Å². The fraction of sp³-hybridized carbons (Fsp3) is 0.211. The number of hydrogen-bond donors (Lipinski definition) is 3. The average molecular weight is 323 g/mol. The summed E-state index contributed by atoms with van der Waals surface area (Å²) in [6.07, 6.45) is 0.769. The number of methoxy groups -OCH3 is 1. The van der Waals surface area contributed by atoms with E-state index in [-0.39, 0.29) is 6.03 Å². The van der Waals surface area contributed by atoms with Gasteiger partial charge in [-0.2, -0.15) is 0 Å². The van der Waals surface area contributed by atoms with Crippen molar-refractivity contribution in [3.05, 3.63) is 59.8 Å². The molecule has 0 bridgehead atoms. The zero-order chi connectivity index (χ0) is 16.9. The molecule has 0 aliphatic rings. The maximum atomic E-state index is 12.1. The van der Waals surface area contributed by atoms with Crippen molar-refractivity contribution in [1.29, 1.82) is 0 Å². The number of H-pyrrole nitrogens is 1. The Bertz CT molecular complexity index is 837. The lowest BCUT2D eigenvalue weighted by atomic mass is 10.1. The van der Waals surface area contributed by atoms with Gasteiger partial charge in [-0.25, -0.2) is 4.79 Å². The lowest BCUT2D eigenvalue weighted by Gasteiger charge is -2.09. The molecule has 0 aliphatic carbocycles. The number of aryl methyl sites for hydroxylation is 1. The molecule has 24 heavy (non-hydrogen) atoms. The summed E-state index contributed by atoms with van der Waals surface area (Å²) in [5.74, 6) is 0.833. The van der Waals surface area contributed by atoms with Gasteiger partial charge in [0.1, 0.15) is 5.75 Å². The first-order chi connectivity index (χ1) is 11.7. The number of urea groups is 1. The summed E-state index contributed by atoms with van der Waals surface area (Å²) in [5, 5.41) is 6.82. The van der Waals surface area contributed by atoms with E-state index >= 15 is 0 Å². The molecule has 0 aliphatic heterocycles. The molecule has 2 aromatic carbocycles. The van der Waals surface area contributed by atoms with Gasteiger partial charge in [0, 0.05) is 23.1 Å². The quantitative estimate of drug-likeness (QED) is 0.667. The fourth-order valence-corrected chi connectivity index (χ4v) is 2.68. The molecule has 0 spiro atoms. The van der Waals surface area contributed by atoms with Gasteiger partial charge in [0.15, 0.2) is 0 Å². The summed E-state index contributed by atoms with van der Waals surface area (Å²) in [6.45, 7) is 2.57. The van der Waals surface area contributed by atoms with Crippen LogP contribution in [0.15, 0.2) is 48.5 Å². The fourth-order valence-electron chi connectivity index (χ4n) is 2.68. The topological polar surface area (TPSA) is 66.2 Å². The zero-order valence-corrected chi connectivity index (χ0v) is 13.8. The Morgan fingerprint density at radius 2 is 1.96 bits per heavy atom. The Kier molecular flexibility index (Phi) is 4.70. The van der Waals surface area contributed by atoms with E-state index in [0.29, 0.717) is 6.54 Å². The number of nitrogens with one attached hydrogen (secondary N) is 3. The summed E-state index contributed by atoms with van der Waals surface area (Å²) < 4.78 is 5.13. The molecule has 3 aromatic rings. The van der Waals surface area contributed by atoms with E-state index in [1.807, 2.05) is 55.5 Å². The number of benzene rings is 2. The molecule has 0 radical (unpaired) electrons. The number of aromatic amines is 1. The summed E-state index contributed by atoms with van der Waals surface area (Å²) in [4.78, 5) is 15.4. The normalized spacial score (nSPS) is 10.6. The van der Waals surface area contributed by atoms with Crippen molar-refractivity contribution in [2.45, 2.75) is 13.3 Å². The SMILES string of the molecule is COc1ccc(CCNC(=O)Nc2cccc3[nH]c(C)cc23)cc1. The summed E-state index contributed by atoms with van der Waals surface area (Å²) in [6, 6.07) is 15.5. The molecule has 1 heterocycles. The minimum Gasteiger partial charge on any atom is -0.497 e. The minimum absolute atomic E-state index is 0.199. The summed E-state index contributed by atoms with van der Waals surface area (Å²) >= 11 is 0. The molecule has 0 saturated carbocycles. The molecular weight excluding hydrogens is 302 g/mol. The number of anilines is 1. The molecule has 5 heteroatoms. The zero-order valence-electron chi connectivity index (χ0n) is 13.8. The highest BCUT2D eigenvalue weighted by atomic mass is 16.5. The highest BCUT2D eigenvalue weighted by Crippen LogP contribution is 2.23. The molecule has 5 nitrogen and oxygen atoms in total. The third kappa shape index (κ3) is 3.68. The second-order valence-electron chi connectivity index (χ2n) is 5.70. The largest absolute Gasteiger partial charge is 0.497 e. The Morgan fingerprint density at radius 3 is 2.71 bits per heavy atom. The molecule has 2 amide bonds. The molecule has 0 unspecified atom stereocenters. The highest BCUT2D eigenvalue weighted by molar-refractivity contribution is 6.00. The van der Waals surface area contributed by atoms with Gasteiger partial charge in [-0.3, -0.25) is 0 Å². The van der Waals surface area contributed by atoms with E-state index < -0.39 is 0 Å². The Hall–Kier alpha value is -2.95. The lowest BCUT2D eigenvalue weighted by Crippen LogP contribution is -2.30. The molecule has 0 atom stereocenters. The molecule has 3 rings (SSSR count). The highest BCUT2D eigenvalue weighted by Gasteiger charge is 2.07. The maximum absolute atomic E-state index is 12.1. The van der Waals surface area contributed by atoms with Crippen LogP contribution >= 0.6 is 0 Å². The van der Waals surface area contributed by atoms with E-state index in [1.165, 1.54) is 0 Å². The number of rotatable bonds is 5. The molecule has 3 N–H and O–H groups in total. The maximum Gasteiger partial charge on any atom is 0.319 e. The first-order valence-corrected chi connectivity index (χ1v) is 7.92. The number of hydrogen-bond acceptors (Lipinski definition) is 2. The van der Waals surface area contributed by atoms with Crippen LogP contribution in [0, 0.1) is 6.92 Å². The van der Waals surface area contributed by atoms with Crippen molar-refractivity contribution in [2.24, 2.45) is 0 Å². The Labute approximate surface area is 141 Å². The molecule has 124 valence electrons. The van der Waals surface area contributed by atoms with Crippen molar-refractivity contribution in [3.8, 4) is 5.75 Å². The van der Waals surface area contributed by atoms with Gasteiger partial charge in [0.2, 0.25) is 0 Å². The van der Waals surface area contributed by atoms with Gasteiger partial charge < -0.3 is 20.4 Å².